The van der Waals surface area contributed by atoms with Crippen molar-refractivity contribution >= 4 is 17.5 Å². The number of nitrogens with one attached hydrogen (secondary N) is 2. The molecule has 1 saturated heterocycles. The smallest absolute Gasteiger partial charge is 0.328 e. The van der Waals surface area contributed by atoms with Crippen LogP contribution in [0.3, 0.4) is 0 Å². The summed E-state index contributed by atoms with van der Waals surface area (Å²) in [5.41, 5.74) is -0.907. The highest BCUT2D eigenvalue weighted by molar-refractivity contribution is 6.31. The summed E-state index contributed by atoms with van der Waals surface area (Å²) in [6, 6.07) is 5.14. The zero-order chi connectivity index (χ0) is 21.0. The molecule has 1 aromatic heterocycles. The van der Waals surface area contributed by atoms with Crippen LogP contribution in [0.15, 0.2) is 40.1 Å². The van der Waals surface area contributed by atoms with Gasteiger partial charge in [-0.05, 0) is 19.1 Å². The fraction of sp³-hybridized carbons (Fsp3) is 0.421. The number of carbonyl (C=O) groups is 1. The summed E-state index contributed by atoms with van der Waals surface area (Å²) < 4.78 is 21.2. The van der Waals surface area contributed by atoms with Gasteiger partial charge in [-0.2, -0.15) is 0 Å². The van der Waals surface area contributed by atoms with Gasteiger partial charge in [0.1, 0.15) is 12.4 Å². The van der Waals surface area contributed by atoms with Gasteiger partial charge in [0.2, 0.25) is 5.91 Å². The molecule has 3 rings (SSSR count). The quantitative estimate of drug-likeness (QED) is 0.718. The maximum atomic E-state index is 14.6. The maximum absolute atomic E-state index is 14.6. The highest BCUT2D eigenvalue weighted by Gasteiger charge is 2.29. The third-order valence-electron chi connectivity index (χ3n) is 4.75. The lowest BCUT2D eigenvalue weighted by molar-refractivity contribution is -0.122. The molecule has 1 aliphatic heterocycles. The molecule has 2 atom stereocenters. The summed E-state index contributed by atoms with van der Waals surface area (Å²) >= 11 is 6.27. The van der Waals surface area contributed by atoms with E-state index in [0.29, 0.717) is 25.3 Å². The third kappa shape index (κ3) is 5.31. The van der Waals surface area contributed by atoms with Crippen molar-refractivity contribution in [2.75, 3.05) is 26.2 Å². The lowest BCUT2D eigenvalue weighted by atomic mass is 10.0. The molecule has 1 aromatic carbocycles. The van der Waals surface area contributed by atoms with Gasteiger partial charge in [0, 0.05) is 42.5 Å². The Kier molecular flexibility index (Phi) is 6.83. The SMILES string of the molecule is CC1CN(C(CNC(=O)Cn2ccc(=O)[nH]c2=O)c2c(F)cccc2Cl)CCO1. The van der Waals surface area contributed by atoms with E-state index in [4.69, 9.17) is 16.3 Å². The lowest BCUT2D eigenvalue weighted by Crippen LogP contribution is -2.47. The number of halogens is 2. The van der Waals surface area contributed by atoms with Gasteiger partial charge in [0.05, 0.1) is 18.8 Å². The number of nitrogens with zero attached hydrogens (tertiary/aromatic N) is 2. The largest absolute Gasteiger partial charge is 0.376 e. The number of hydrogen-bond donors (Lipinski definition) is 2. The fourth-order valence-electron chi connectivity index (χ4n) is 3.36. The van der Waals surface area contributed by atoms with E-state index < -0.39 is 29.0 Å². The average molecular weight is 425 g/mol. The molecule has 2 N–H and O–H groups in total. The lowest BCUT2D eigenvalue weighted by Gasteiger charge is -2.38. The summed E-state index contributed by atoms with van der Waals surface area (Å²) in [4.78, 5) is 39.4. The minimum absolute atomic E-state index is 0.0350. The molecule has 29 heavy (non-hydrogen) atoms. The highest BCUT2D eigenvalue weighted by Crippen LogP contribution is 2.31. The Bertz CT molecular complexity index is 972. The molecule has 2 aromatic rings. The van der Waals surface area contributed by atoms with E-state index in [1.54, 1.807) is 6.07 Å². The number of H-pyrrole nitrogens is 1. The number of hydrogen-bond acceptors (Lipinski definition) is 5. The predicted molar refractivity (Wildman–Crippen MR) is 105 cm³/mol. The minimum Gasteiger partial charge on any atom is -0.376 e. The molecule has 0 bridgehead atoms. The van der Waals surface area contributed by atoms with Crippen molar-refractivity contribution in [3.8, 4) is 0 Å². The van der Waals surface area contributed by atoms with Crippen molar-refractivity contribution in [2.45, 2.75) is 25.6 Å². The van der Waals surface area contributed by atoms with Crippen LogP contribution in [0.1, 0.15) is 18.5 Å². The molecule has 8 nitrogen and oxygen atoms in total. The first kappa shape index (κ1) is 21.2. The number of rotatable bonds is 6. The van der Waals surface area contributed by atoms with E-state index in [1.165, 1.54) is 18.3 Å². The molecule has 2 heterocycles. The van der Waals surface area contributed by atoms with Gasteiger partial charge in [-0.1, -0.05) is 17.7 Å². The van der Waals surface area contributed by atoms with Crippen LogP contribution >= 0.6 is 11.6 Å². The molecular weight excluding hydrogens is 403 g/mol. The summed E-state index contributed by atoms with van der Waals surface area (Å²) in [5, 5.41) is 3.02. The molecule has 156 valence electrons. The third-order valence-corrected chi connectivity index (χ3v) is 5.08. The van der Waals surface area contributed by atoms with Crippen LogP contribution in [0.5, 0.6) is 0 Å². The van der Waals surface area contributed by atoms with Gasteiger partial charge in [0.15, 0.2) is 0 Å². The molecule has 0 radical (unpaired) electrons. The van der Waals surface area contributed by atoms with Crippen LogP contribution in [-0.4, -0.2) is 52.7 Å². The van der Waals surface area contributed by atoms with Crippen molar-refractivity contribution in [1.82, 2.24) is 19.8 Å². The molecule has 0 saturated carbocycles. The molecule has 2 unspecified atom stereocenters. The Balaban J connectivity index is 1.77. The van der Waals surface area contributed by atoms with Crippen LogP contribution < -0.4 is 16.6 Å². The first-order valence-corrected chi connectivity index (χ1v) is 9.59. The van der Waals surface area contributed by atoms with Crippen molar-refractivity contribution in [1.29, 1.82) is 0 Å². The number of aromatic amines is 1. The second kappa shape index (κ2) is 9.34. The topological polar surface area (TPSA) is 96.4 Å². The number of amides is 1. The summed E-state index contributed by atoms with van der Waals surface area (Å²) in [7, 11) is 0. The van der Waals surface area contributed by atoms with Gasteiger partial charge in [0.25, 0.3) is 5.56 Å². The molecule has 1 amide bonds. The van der Waals surface area contributed by atoms with E-state index in [-0.39, 0.29) is 24.2 Å². The second-order valence-corrected chi connectivity index (χ2v) is 7.28. The monoisotopic (exact) mass is 424 g/mol. The Hall–Kier alpha value is -2.49. The first-order chi connectivity index (χ1) is 13.8. The Morgan fingerprint density at radius 3 is 2.90 bits per heavy atom. The number of aromatic nitrogens is 2. The maximum Gasteiger partial charge on any atom is 0.328 e. The van der Waals surface area contributed by atoms with Gasteiger partial charge in [-0.25, -0.2) is 9.18 Å². The van der Waals surface area contributed by atoms with Crippen molar-refractivity contribution in [3.05, 3.63) is 67.7 Å². The van der Waals surface area contributed by atoms with Crippen LogP contribution in [0.2, 0.25) is 5.02 Å². The Labute approximate surface area is 171 Å². The fourth-order valence-corrected chi connectivity index (χ4v) is 3.65. The summed E-state index contributed by atoms with van der Waals surface area (Å²) in [6.07, 6.45) is 1.21. The Morgan fingerprint density at radius 2 is 2.21 bits per heavy atom. The molecule has 10 heteroatoms. The van der Waals surface area contributed by atoms with Gasteiger partial charge in [-0.15, -0.1) is 0 Å². The van der Waals surface area contributed by atoms with E-state index in [0.717, 1.165) is 10.6 Å². The van der Waals surface area contributed by atoms with Crippen LogP contribution in [0.4, 0.5) is 4.39 Å². The van der Waals surface area contributed by atoms with Crippen molar-refractivity contribution in [2.24, 2.45) is 0 Å². The second-order valence-electron chi connectivity index (χ2n) is 6.87. The summed E-state index contributed by atoms with van der Waals surface area (Å²) in [6.45, 7) is 3.37. The first-order valence-electron chi connectivity index (χ1n) is 9.21. The molecular formula is C19H22ClFN4O4. The van der Waals surface area contributed by atoms with Crippen LogP contribution in [0.25, 0.3) is 0 Å². The standard InChI is InChI=1S/C19H22ClFN4O4/c1-12-10-24(7-8-29-12)15(18-13(20)3-2-4-14(18)21)9-22-17(27)11-25-6-5-16(26)23-19(25)28/h2-6,12,15H,7-11H2,1H3,(H,22,27)(H,23,26,28). The molecule has 0 spiro atoms. The summed E-state index contributed by atoms with van der Waals surface area (Å²) in [5.74, 6) is -0.898. The molecule has 0 aliphatic carbocycles. The molecule has 1 aliphatic rings. The number of benzene rings is 1. The van der Waals surface area contributed by atoms with E-state index in [1.807, 2.05) is 11.8 Å². The number of morpholine rings is 1. The highest BCUT2D eigenvalue weighted by atomic mass is 35.5. The van der Waals surface area contributed by atoms with Crippen molar-refractivity contribution in [3.63, 3.8) is 0 Å². The van der Waals surface area contributed by atoms with E-state index in [2.05, 4.69) is 10.3 Å². The van der Waals surface area contributed by atoms with Crippen LogP contribution in [0, 0.1) is 5.82 Å². The normalized spacial score (nSPS) is 18.4. The Morgan fingerprint density at radius 1 is 1.41 bits per heavy atom. The zero-order valence-corrected chi connectivity index (χ0v) is 16.6. The van der Waals surface area contributed by atoms with Gasteiger partial charge in [-0.3, -0.25) is 24.0 Å². The van der Waals surface area contributed by atoms with E-state index in [9.17, 15) is 18.8 Å². The predicted octanol–water partition coefficient (Wildman–Crippen LogP) is 0.907. The van der Waals surface area contributed by atoms with E-state index >= 15 is 0 Å². The van der Waals surface area contributed by atoms with Crippen LogP contribution in [-0.2, 0) is 16.1 Å². The van der Waals surface area contributed by atoms with Crippen molar-refractivity contribution < 1.29 is 13.9 Å². The minimum atomic E-state index is -0.677. The van der Waals surface area contributed by atoms with Gasteiger partial charge >= 0.3 is 5.69 Å². The van der Waals surface area contributed by atoms with Gasteiger partial charge < -0.3 is 10.1 Å². The average Bonchev–Trinajstić information content (AvgIpc) is 2.66. The number of ether oxygens (including phenoxy) is 1. The number of carbonyl (C=O) groups excluding carboxylic acids is 1. The molecule has 1 fully saturated rings. The zero-order valence-electron chi connectivity index (χ0n) is 15.9.